The Morgan fingerprint density at radius 2 is 1.34 bits per heavy atom. The third-order valence-corrected chi connectivity index (χ3v) is 12.8. The number of esters is 1. The maximum atomic E-state index is 14.0. The number of carbonyl (C=O) groups is 8. The molecule has 29 heteroatoms. The van der Waals surface area contributed by atoms with Gasteiger partial charge in [0, 0.05) is 53.9 Å². The number of hydrogen-bond donors (Lipinski definition) is 15. The molecule has 2 heterocycles. The highest BCUT2D eigenvalue weighted by molar-refractivity contribution is 7.80. The minimum absolute atomic E-state index is 0.0494. The molecule has 4 aromatic carbocycles. The van der Waals surface area contributed by atoms with Gasteiger partial charge >= 0.3 is 13.8 Å². The summed E-state index contributed by atoms with van der Waals surface area (Å²) in [5, 5.41) is 58.4. The van der Waals surface area contributed by atoms with Crippen molar-refractivity contribution in [3.63, 3.8) is 0 Å². The summed E-state index contributed by atoms with van der Waals surface area (Å²) < 4.78 is 28.1. The number of thiocarbonyl (C=S) groups is 1. The van der Waals surface area contributed by atoms with Gasteiger partial charge in [0.1, 0.15) is 52.9 Å². The Morgan fingerprint density at radius 3 is 1.92 bits per heavy atom. The summed E-state index contributed by atoms with van der Waals surface area (Å²) in [6.07, 6.45) is -3.20. The molecule has 0 saturated heterocycles. The highest BCUT2D eigenvalue weighted by Gasteiger charge is 2.54. The van der Waals surface area contributed by atoms with Crippen molar-refractivity contribution < 1.29 is 87.1 Å². The molecule has 2 aliphatic heterocycles. The number of aliphatic hydroxyl groups is 2. The van der Waals surface area contributed by atoms with Gasteiger partial charge in [0.25, 0.3) is 0 Å². The van der Waals surface area contributed by atoms with Crippen molar-refractivity contribution in [1.82, 2.24) is 31.9 Å². The number of fused-ring (bicyclic) bond motifs is 6. The second-order valence-corrected chi connectivity index (χ2v) is 20.3. The van der Waals surface area contributed by atoms with Gasteiger partial charge in [-0.15, -0.1) is 0 Å². The number of nitrogens with one attached hydrogen (secondary N) is 7. The monoisotopic (exact) mass is 1140 g/mol. The summed E-state index contributed by atoms with van der Waals surface area (Å²) in [6, 6.07) is 12.6. The summed E-state index contributed by atoms with van der Waals surface area (Å²) in [4.78, 5) is 123. The number of amides is 7. The number of phosphoric acid groups is 1. The van der Waals surface area contributed by atoms with E-state index >= 15 is 0 Å². The van der Waals surface area contributed by atoms with E-state index in [2.05, 4.69) is 41.7 Å². The van der Waals surface area contributed by atoms with Crippen LogP contribution in [0.25, 0.3) is 0 Å². The second-order valence-electron chi connectivity index (χ2n) is 18.7. The highest BCUT2D eigenvalue weighted by atomic mass is 32.1. The number of hydrogen-bond acceptors (Lipinski definition) is 17. The number of aromatic hydroxyl groups is 2. The molecule has 7 amide bonds. The van der Waals surface area contributed by atoms with Crippen molar-refractivity contribution in [3.05, 3.63) is 107 Å². The fraction of sp³-hybridized carbons (Fsp3) is 0.340. The van der Waals surface area contributed by atoms with E-state index in [4.69, 9.17) is 33.2 Å². The predicted molar refractivity (Wildman–Crippen MR) is 281 cm³/mol. The van der Waals surface area contributed by atoms with Crippen molar-refractivity contribution in [1.29, 1.82) is 0 Å². The zero-order chi connectivity index (χ0) is 57.9. The normalized spacial score (nSPS) is 14.7. The standard InChI is InChI=1S/C50H58N9O18PS/c1-24(2)15-36(46(69)59-38(23-60)44(52)67)57-43(66)22-53-45(68)35(13-14-41(51)64)58-47(70)37(16-25-3-8-30(9-4-25)77-78(72,73)74)56-42(65)20-29(63)21-54-49(79)55-26-5-10-32-31(17-26)48(71)76-50(32)33-11-6-27(61)18-39(33)75-40-19-28(62)7-12-34(40)50/h3-12,17-19,24,29,35-38,60-63H,13-16,20-23H2,1-2H3,(H2,51,64)(H2,52,67)(H,53,68)(H,56,65)(H,57,66)(H,58,70)(H,59,69)(H2,54,55,79)(H2,72,73,74)/t29?,35-,36-,37-,38-/m0/s1. The lowest BCUT2D eigenvalue weighted by molar-refractivity contribution is -0.134. The number of ether oxygens (including phenoxy) is 2. The number of primary amides is 2. The Bertz CT molecular complexity index is 3020. The number of nitrogens with two attached hydrogens (primary N) is 2. The van der Waals surface area contributed by atoms with E-state index in [1.54, 1.807) is 38.1 Å². The molecule has 17 N–H and O–H groups in total. The number of anilines is 1. The number of rotatable bonds is 25. The molecule has 0 saturated carbocycles. The molecular weight excluding hydrogens is 1080 g/mol. The van der Waals surface area contributed by atoms with Gasteiger partial charge in [-0.3, -0.25) is 43.3 Å². The number of phenols is 2. The van der Waals surface area contributed by atoms with Gasteiger partial charge in [-0.25, -0.2) is 9.36 Å². The van der Waals surface area contributed by atoms with Crippen LogP contribution in [-0.2, 0) is 54.9 Å². The fourth-order valence-corrected chi connectivity index (χ4v) is 9.12. The van der Waals surface area contributed by atoms with Crippen molar-refractivity contribution in [3.8, 4) is 28.7 Å². The highest BCUT2D eigenvalue weighted by Crippen LogP contribution is 2.57. The van der Waals surface area contributed by atoms with Crippen LogP contribution in [0.15, 0.2) is 78.9 Å². The van der Waals surface area contributed by atoms with Gasteiger partial charge in [-0.05, 0) is 85.1 Å². The summed E-state index contributed by atoms with van der Waals surface area (Å²) in [5.41, 5.74) is 11.0. The van der Waals surface area contributed by atoms with E-state index in [1.807, 2.05) is 0 Å². The Morgan fingerprint density at radius 1 is 0.747 bits per heavy atom. The molecule has 1 spiro atoms. The first-order valence-corrected chi connectivity index (χ1v) is 26.1. The van der Waals surface area contributed by atoms with Crippen LogP contribution in [0.5, 0.6) is 28.7 Å². The van der Waals surface area contributed by atoms with Crippen molar-refractivity contribution in [2.45, 2.75) is 81.8 Å². The van der Waals surface area contributed by atoms with Crippen LogP contribution in [0.4, 0.5) is 5.69 Å². The van der Waals surface area contributed by atoms with E-state index in [0.717, 1.165) is 0 Å². The van der Waals surface area contributed by atoms with Crippen LogP contribution >= 0.6 is 20.0 Å². The molecular formula is C50H58N9O18PS. The molecule has 6 rings (SSSR count). The summed E-state index contributed by atoms with van der Waals surface area (Å²) >= 11 is 5.45. The SMILES string of the molecule is CC(C)C[C@H](NC(=O)CNC(=O)[C@H](CCC(N)=O)NC(=O)[C@H](Cc1ccc(OP(=O)(O)O)cc1)NC(=O)CC(O)CNC(=S)Nc1ccc2c(c1)C(=O)OC21c2ccc(O)cc2Oc2cc(O)ccc21)C(=O)N[C@@H](CO)C(N)=O. The van der Waals surface area contributed by atoms with Crippen LogP contribution < -0.4 is 57.9 Å². The van der Waals surface area contributed by atoms with Gasteiger partial charge < -0.3 is 83.1 Å². The zero-order valence-corrected chi connectivity index (χ0v) is 43.9. The van der Waals surface area contributed by atoms with Crippen molar-refractivity contribution >= 4 is 78.2 Å². The molecule has 79 heavy (non-hydrogen) atoms. The van der Waals surface area contributed by atoms with Crippen LogP contribution in [0.2, 0.25) is 0 Å². The third-order valence-electron chi connectivity index (χ3n) is 12.1. The summed E-state index contributed by atoms with van der Waals surface area (Å²) in [5.74, 6) is -7.49. The summed E-state index contributed by atoms with van der Waals surface area (Å²) in [6.45, 7) is 1.58. The average molecular weight is 1140 g/mol. The lowest BCUT2D eigenvalue weighted by atomic mass is 9.77. The first-order chi connectivity index (χ1) is 37.2. The first kappa shape index (κ1) is 59.8. The minimum atomic E-state index is -4.95. The number of phosphoric ester groups is 1. The number of phenolic OH excluding ortho intramolecular Hbond substituents is 2. The van der Waals surface area contributed by atoms with Gasteiger partial charge in [-0.1, -0.05) is 32.0 Å². The van der Waals surface area contributed by atoms with Crippen LogP contribution in [0, 0.1) is 5.92 Å². The zero-order valence-electron chi connectivity index (χ0n) is 42.2. The third kappa shape index (κ3) is 15.9. The molecule has 0 fully saturated rings. The number of benzene rings is 4. The Labute approximate surface area is 455 Å². The van der Waals surface area contributed by atoms with E-state index in [9.17, 15) is 73.1 Å². The maximum Gasteiger partial charge on any atom is 0.524 e. The second kappa shape index (κ2) is 25.8. The summed E-state index contributed by atoms with van der Waals surface area (Å²) in [7, 11) is -4.95. The molecule has 0 aromatic heterocycles. The molecule has 27 nitrogen and oxygen atoms in total. The lowest BCUT2D eigenvalue weighted by Gasteiger charge is -2.36. The largest absolute Gasteiger partial charge is 0.524 e. The first-order valence-electron chi connectivity index (χ1n) is 24.2. The van der Waals surface area contributed by atoms with Crippen molar-refractivity contribution in [2.24, 2.45) is 17.4 Å². The quantitative estimate of drug-likeness (QED) is 0.0221. The van der Waals surface area contributed by atoms with Crippen molar-refractivity contribution in [2.75, 3.05) is 25.0 Å². The Balaban J connectivity index is 1.11. The molecule has 1 unspecified atom stereocenters. The number of aliphatic hydroxyl groups excluding tert-OH is 2. The minimum Gasteiger partial charge on any atom is -0.508 e. The van der Waals surface area contributed by atoms with Crippen LogP contribution in [0.3, 0.4) is 0 Å². The van der Waals surface area contributed by atoms with E-state index in [1.165, 1.54) is 54.6 Å². The molecule has 0 bridgehead atoms. The molecule has 2 aliphatic rings. The van der Waals surface area contributed by atoms with Gasteiger partial charge in [-0.2, -0.15) is 0 Å². The maximum absolute atomic E-state index is 14.0. The van der Waals surface area contributed by atoms with Gasteiger partial charge in [0.2, 0.25) is 41.4 Å². The van der Waals surface area contributed by atoms with Crippen LogP contribution in [-0.4, -0.2) is 133 Å². The molecule has 0 aliphatic carbocycles. The van der Waals surface area contributed by atoms with Crippen LogP contribution in [0.1, 0.15) is 72.1 Å². The molecule has 5 atom stereocenters. The molecule has 422 valence electrons. The lowest BCUT2D eigenvalue weighted by Crippen LogP contribution is -2.57. The molecule has 4 aromatic rings. The van der Waals surface area contributed by atoms with Gasteiger partial charge in [0.15, 0.2) is 10.7 Å². The fourth-order valence-electron chi connectivity index (χ4n) is 8.52. The Kier molecular flexibility index (Phi) is 19.6. The van der Waals surface area contributed by atoms with E-state index in [0.29, 0.717) is 27.9 Å². The topological polar surface area (TPSA) is 439 Å². The number of carbonyl (C=O) groups excluding carboxylic acids is 8. The van der Waals surface area contributed by atoms with E-state index < -0.39 is 123 Å². The predicted octanol–water partition coefficient (Wildman–Crippen LogP) is -0.738. The molecule has 0 radical (unpaired) electrons. The smallest absolute Gasteiger partial charge is 0.508 e. The van der Waals surface area contributed by atoms with Gasteiger partial charge in [0.05, 0.1) is 31.2 Å². The average Bonchev–Trinajstić information content (AvgIpc) is 3.75. The van der Waals surface area contributed by atoms with E-state index in [-0.39, 0.29) is 64.7 Å². The Hall–Kier alpha value is -8.40.